The SMILES string of the molecule is CCC/C=C\CCCCCCCC(=O)OC(COC(=O)CCCCCCCCCCCCCCCCCCCCCCCC)COC(OCC[N+](C)(C)C)C(=O)O. The highest BCUT2D eigenvalue weighted by atomic mass is 16.7. The second-order valence-corrected chi connectivity index (χ2v) is 17.4. The average molecular weight is 811 g/mol. The Kier molecular flexibility index (Phi) is 39.4. The summed E-state index contributed by atoms with van der Waals surface area (Å²) in [6, 6.07) is 0. The summed E-state index contributed by atoms with van der Waals surface area (Å²) in [7, 11) is 5.95. The largest absolute Gasteiger partial charge is 0.477 e. The highest BCUT2D eigenvalue weighted by Gasteiger charge is 2.25. The van der Waals surface area contributed by atoms with Gasteiger partial charge in [-0.05, 0) is 32.1 Å². The zero-order valence-corrected chi connectivity index (χ0v) is 38.0. The van der Waals surface area contributed by atoms with E-state index in [2.05, 4.69) is 26.0 Å². The van der Waals surface area contributed by atoms with E-state index >= 15 is 0 Å². The van der Waals surface area contributed by atoms with Crippen molar-refractivity contribution in [2.24, 2.45) is 0 Å². The predicted octanol–water partition coefficient (Wildman–Crippen LogP) is 12.7. The molecule has 1 N–H and O–H groups in total. The van der Waals surface area contributed by atoms with Gasteiger partial charge in [0.25, 0.3) is 6.29 Å². The third kappa shape index (κ3) is 42.0. The zero-order chi connectivity index (χ0) is 42.1. The molecule has 0 aliphatic heterocycles. The first-order chi connectivity index (χ1) is 27.6. The van der Waals surface area contributed by atoms with Crippen molar-refractivity contribution in [1.29, 1.82) is 0 Å². The van der Waals surface area contributed by atoms with Gasteiger partial charge in [-0.2, -0.15) is 0 Å². The molecule has 9 nitrogen and oxygen atoms in total. The Morgan fingerprint density at radius 3 is 1.37 bits per heavy atom. The Labute approximate surface area is 351 Å². The molecule has 0 aliphatic carbocycles. The maximum Gasteiger partial charge on any atom is 0.361 e. The van der Waals surface area contributed by atoms with Crippen molar-refractivity contribution in [1.82, 2.24) is 0 Å². The minimum absolute atomic E-state index is 0.180. The summed E-state index contributed by atoms with van der Waals surface area (Å²) in [4.78, 5) is 37.0. The summed E-state index contributed by atoms with van der Waals surface area (Å²) in [5.74, 6) is -2.01. The van der Waals surface area contributed by atoms with Crippen LogP contribution in [0.1, 0.15) is 219 Å². The summed E-state index contributed by atoms with van der Waals surface area (Å²) >= 11 is 0. The number of carboxylic acid groups (broad SMARTS) is 1. The van der Waals surface area contributed by atoms with Crippen molar-refractivity contribution < 1.29 is 42.9 Å². The molecule has 0 radical (unpaired) electrons. The molecular weight excluding hydrogens is 719 g/mol. The number of rotatable bonds is 44. The normalized spacial score (nSPS) is 12.9. The Morgan fingerprint density at radius 1 is 0.509 bits per heavy atom. The molecule has 0 saturated carbocycles. The maximum absolute atomic E-state index is 12.7. The van der Waals surface area contributed by atoms with E-state index in [4.69, 9.17) is 18.9 Å². The van der Waals surface area contributed by atoms with Gasteiger partial charge in [0.15, 0.2) is 6.10 Å². The first kappa shape index (κ1) is 55.0. The number of unbranched alkanes of at least 4 members (excludes halogenated alkanes) is 27. The monoisotopic (exact) mass is 811 g/mol. The lowest BCUT2D eigenvalue weighted by molar-refractivity contribution is -0.870. The van der Waals surface area contributed by atoms with E-state index < -0.39 is 24.3 Å². The van der Waals surface area contributed by atoms with Crippen molar-refractivity contribution in [3.63, 3.8) is 0 Å². The van der Waals surface area contributed by atoms with Gasteiger partial charge >= 0.3 is 17.9 Å². The molecule has 0 aromatic carbocycles. The topological polar surface area (TPSA) is 108 Å². The van der Waals surface area contributed by atoms with Crippen LogP contribution in [0, 0.1) is 0 Å². The molecule has 2 unspecified atom stereocenters. The van der Waals surface area contributed by atoms with Crippen LogP contribution in [-0.4, -0.2) is 87.4 Å². The van der Waals surface area contributed by atoms with Crippen LogP contribution < -0.4 is 0 Å². The van der Waals surface area contributed by atoms with Crippen LogP contribution in [0.2, 0.25) is 0 Å². The van der Waals surface area contributed by atoms with Crippen molar-refractivity contribution in [3.8, 4) is 0 Å². The van der Waals surface area contributed by atoms with Gasteiger partial charge in [-0.25, -0.2) is 4.79 Å². The molecule has 0 saturated heterocycles. The predicted molar refractivity (Wildman–Crippen MR) is 235 cm³/mol. The Balaban J connectivity index is 4.21. The number of carbonyl (C=O) groups is 3. The summed E-state index contributed by atoms with van der Waals surface area (Å²) < 4.78 is 22.7. The number of allylic oxidation sites excluding steroid dienone is 2. The molecule has 0 fully saturated rings. The second-order valence-electron chi connectivity index (χ2n) is 17.4. The van der Waals surface area contributed by atoms with Crippen LogP contribution in [-0.2, 0) is 33.3 Å². The molecule has 0 bridgehead atoms. The highest BCUT2D eigenvalue weighted by molar-refractivity contribution is 5.71. The molecule has 0 heterocycles. The highest BCUT2D eigenvalue weighted by Crippen LogP contribution is 2.16. The summed E-state index contributed by atoms with van der Waals surface area (Å²) in [6.45, 7) is 4.82. The van der Waals surface area contributed by atoms with E-state index in [1.54, 1.807) is 0 Å². The second kappa shape index (κ2) is 40.8. The lowest BCUT2D eigenvalue weighted by atomic mass is 10.0. The lowest BCUT2D eigenvalue weighted by Gasteiger charge is -2.25. The van der Waals surface area contributed by atoms with Crippen LogP contribution in [0.3, 0.4) is 0 Å². The molecule has 0 aromatic rings. The number of esters is 2. The van der Waals surface area contributed by atoms with Gasteiger partial charge in [-0.15, -0.1) is 0 Å². The first-order valence-corrected chi connectivity index (χ1v) is 23.9. The van der Waals surface area contributed by atoms with Gasteiger partial charge < -0.3 is 28.5 Å². The number of carboxylic acids is 1. The van der Waals surface area contributed by atoms with E-state index in [1.807, 2.05) is 21.1 Å². The fraction of sp³-hybridized carbons (Fsp3) is 0.896. The summed E-state index contributed by atoms with van der Waals surface area (Å²) in [5, 5.41) is 9.62. The van der Waals surface area contributed by atoms with Crippen LogP contribution in [0.4, 0.5) is 0 Å². The molecule has 57 heavy (non-hydrogen) atoms. The maximum atomic E-state index is 12.7. The average Bonchev–Trinajstić information content (AvgIpc) is 3.17. The molecule has 0 spiro atoms. The smallest absolute Gasteiger partial charge is 0.361 e. The zero-order valence-electron chi connectivity index (χ0n) is 38.0. The van der Waals surface area contributed by atoms with E-state index in [9.17, 15) is 19.5 Å². The standard InChI is InChI=1S/C48H91NO8/c1-6-8-10-12-14-16-18-19-20-21-22-23-24-25-26-27-28-29-31-32-34-36-38-45(50)55-42-44(43-56-48(47(52)53)54-41-40-49(3,4)5)57-46(51)39-37-35-33-30-17-15-13-11-9-7-2/h11,13,44,48H,6-10,12,14-43H2,1-5H3/p+1/b13-11-. The van der Waals surface area contributed by atoms with Crippen LogP contribution in [0.25, 0.3) is 0 Å². The Bertz CT molecular complexity index is 949. The fourth-order valence-electron chi connectivity index (χ4n) is 6.78. The van der Waals surface area contributed by atoms with Gasteiger partial charge in [0.2, 0.25) is 0 Å². The van der Waals surface area contributed by atoms with Gasteiger partial charge in [0, 0.05) is 12.8 Å². The van der Waals surface area contributed by atoms with E-state index in [0.717, 1.165) is 57.8 Å². The molecular formula is C48H92NO8+. The number of likely N-dealkylation sites (N-methyl/N-ethyl adjacent to an activating group) is 1. The van der Waals surface area contributed by atoms with Crippen LogP contribution in [0.15, 0.2) is 12.2 Å². The minimum Gasteiger partial charge on any atom is -0.477 e. The van der Waals surface area contributed by atoms with Gasteiger partial charge in [0.05, 0.1) is 34.4 Å². The van der Waals surface area contributed by atoms with E-state index in [-0.39, 0.29) is 32.2 Å². The van der Waals surface area contributed by atoms with Crippen molar-refractivity contribution >= 4 is 17.9 Å². The minimum atomic E-state index is -1.51. The van der Waals surface area contributed by atoms with Crippen molar-refractivity contribution in [2.75, 3.05) is 47.5 Å². The number of nitrogens with zero attached hydrogens (tertiary/aromatic N) is 1. The lowest BCUT2D eigenvalue weighted by Crippen LogP contribution is -2.40. The number of quaternary nitrogens is 1. The summed E-state index contributed by atoms with van der Waals surface area (Å²) in [5.41, 5.74) is 0. The van der Waals surface area contributed by atoms with Gasteiger partial charge in [-0.1, -0.05) is 187 Å². The molecule has 2 atom stereocenters. The van der Waals surface area contributed by atoms with Crippen LogP contribution >= 0.6 is 0 Å². The van der Waals surface area contributed by atoms with Crippen LogP contribution in [0.5, 0.6) is 0 Å². The molecule has 0 amide bonds. The molecule has 0 aliphatic rings. The van der Waals surface area contributed by atoms with E-state index in [1.165, 1.54) is 128 Å². The number of hydrogen-bond acceptors (Lipinski definition) is 7. The molecule has 0 rings (SSSR count). The number of ether oxygens (including phenoxy) is 4. The van der Waals surface area contributed by atoms with Gasteiger partial charge in [0.1, 0.15) is 13.2 Å². The summed E-state index contributed by atoms with van der Waals surface area (Å²) in [6.07, 6.45) is 40.0. The number of aliphatic carboxylic acids is 1. The van der Waals surface area contributed by atoms with Gasteiger partial charge in [-0.3, -0.25) is 9.59 Å². The molecule has 336 valence electrons. The molecule has 9 heteroatoms. The van der Waals surface area contributed by atoms with Crippen molar-refractivity contribution in [2.45, 2.75) is 232 Å². The molecule has 0 aromatic heterocycles. The first-order valence-electron chi connectivity index (χ1n) is 23.9. The number of carbonyl (C=O) groups excluding carboxylic acids is 2. The third-order valence-electron chi connectivity index (χ3n) is 10.5. The quantitative estimate of drug-likeness (QED) is 0.0213. The number of hydrogen-bond donors (Lipinski definition) is 1. The fourth-order valence-corrected chi connectivity index (χ4v) is 6.78. The Hall–Kier alpha value is -1.97. The Morgan fingerprint density at radius 2 is 0.930 bits per heavy atom. The van der Waals surface area contributed by atoms with E-state index in [0.29, 0.717) is 23.9 Å². The van der Waals surface area contributed by atoms with Crippen molar-refractivity contribution in [3.05, 3.63) is 12.2 Å². The third-order valence-corrected chi connectivity index (χ3v) is 10.5.